The molecule has 0 aliphatic carbocycles. The highest BCUT2D eigenvalue weighted by atomic mass is 16.3. The molecule has 0 bridgehead atoms. The lowest BCUT2D eigenvalue weighted by Gasteiger charge is -2.45. The Balaban J connectivity index is 1.48. The molecule has 3 nitrogen and oxygen atoms in total. The van der Waals surface area contributed by atoms with Crippen molar-refractivity contribution in [2.75, 3.05) is 31.5 Å². The minimum atomic E-state index is 0.150. The van der Waals surface area contributed by atoms with Crippen molar-refractivity contribution in [1.82, 2.24) is 4.90 Å². The summed E-state index contributed by atoms with van der Waals surface area (Å²) in [7, 11) is 0. The normalized spacial score (nSPS) is 24.2. The lowest BCUT2D eigenvalue weighted by Crippen LogP contribution is -2.47. The summed E-state index contributed by atoms with van der Waals surface area (Å²) in [6.07, 6.45) is 2.30. The number of phenols is 1. The molecule has 1 heterocycles. The maximum absolute atomic E-state index is 9.82. The molecule has 1 saturated heterocycles. The van der Waals surface area contributed by atoms with Gasteiger partial charge in [-0.3, -0.25) is 0 Å². The van der Waals surface area contributed by atoms with Crippen molar-refractivity contribution in [3.05, 3.63) is 60.2 Å². The number of nitrogens with one attached hydrogen (secondary N) is 1. The summed E-state index contributed by atoms with van der Waals surface area (Å²) in [5.74, 6) is 0.950. The van der Waals surface area contributed by atoms with Crippen LogP contribution in [0.3, 0.4) is 0 Å². The predicted octanol–water partition coefficient (Wildman–Crippen LogP) is 4.49. The highest BCUT2D eigenvalue weighted by molar-refractivity contribution is 5.42. The third kappa shape index (κ3) is 4.35. The van der Waals surface area contributed by atoms with Crippen molar-refractivity contribution in [2.45, 2.75) is 32.1 Å². The van der Waals surface area contributed by atoms with Crippen molar-refractivity contribution in [2.24, 2.45) is 5.92 Å². The number of aromatic hydroxyl groups is 1. The van der Waals surface area contributed by atoms with Gasteiger partial charge in [0.1, 0.15) is 5.75 Å². The molecule has 3 heteroatoms. The van der Waals surface area contributed by atoms with Gasteiger partial charge in [-0.1, -0.05) is 44.2 Å². The summed E-state index contributed by atoms with van der Waals surface area (Å²) in [6, 6.07) is 18.2. The number of hydrogen-bond acceptors (Lipinski definition) is 3. The van der Waals surface area contributed by atoms with E-state index in [0.29, 0.717) is 11.7 Å². The molecule has 2 aromatic carbocycles. The molecular formula is C22H30N2O. The second-order valence-corrected chi connectivity index (χ2v) is 7.57. The van der Waals surface area contributed by atoms with Crippen molar-refractivity contribution in [3.63, 3.8) is 0 Å². The average molecular weight is 338 g/mol. The second kappa shape index (κ2) is 7.92. The number of piperidine rings is 1. The number of phenolic OH excluding ortho intramolecular Hbond substituents is 1. The highest BCUT2D eigenvalue weighted by Gasteiger charge is 2.37. The van der Waals surface area contributed by atoms with Gasteiger partial charge < -0.3 is 15.3 Å². The summed E-state index contributed by atoms with van der Waals surface area (Å²) in [6.45, 7) is 9.09. The van der Waals surface area contributed by atoms with Crippen LogP contribution in [0.4, 0.5) is 5.69 Å². The molecule has 1 aliphatic heterocycles. The molecule has 0 aromatic heterocycles. The van der Waals surface area contributed by atoms with E-state index in [2.05, 4.69) is 54.4 Å². The van der Waals surface area contributed by atoms with Crippen LogP contribution in [0.1, 0.15) is 32.3 Å². The summed E-state index contributed by atoms with van der Waals surface area (Å²) in [5, 5.41) is 13.3. The number of rotatable bonds is 6. The topological polar surface area (TPSA) is 35.5 Å². The van der Waals surface area contributed by atoms with Crippen LogP contribution in [0.5, 0.6) is 5.75 Å². The second-order valence-electron chi connectivity index (χ2n) is 7.57. The van der Waals surface area contributed by atoms with Gasteiger partial charge in [-0.15, -0.1) is 0 Å². The van der Waals surface area contributed by atoms with Crippen LogP contribution in [0.15, 0.2) is 54.6 Å². The monoisotopic (exact) mass is 338 g/mol. The van der Waals surface area contributed by atoms with Crippen molar-refractivity contribution >= 4 is 5.69 Å². The predicted molar refractivity (Wildman–Crippen MR) is 105 cm³/mol. The minimum absolute atomic E-state index is 0.150. The van der Waals surface area contributed by atoms with Gasteiger partial charge in [0.05, 0.1) is 0 Å². The van der Waals surface area contributed by atoms with Crippen molar-refractivity contribution in [3.8, 4) is 5.75 Å². The van der Waals surface area contributed by atoms with Gasteiger partial charge in [-0.2, -0.15) is 0 Å². The van der Waals surface area contributed by atoms with Crippen LogP contribution in [-0.2, 0) is 5.41 Å². The third-order valence-corrected chi connectivity index (χ3v) is 5.83. The van der Waals surface area contributed by atoms with Gasteiger partial charge in [-0.25, -0.2) is 0 Å². The summed E-state index contributed by atoms with van der Waals surface area (Å²) >= 11 is 0. The average Bonchev–Trinajstić information content (AvgIpc) is 2.63. The van der Waals surface area contributed by atoms with Crippen LogP contribution in [0, 0.1) is 5.92 Å². The van der Waals surface area contributed by atoms with Gasteiger partial charge in [0.15, 0.2) is 0 Å². The third-order valence-electron chi connectivity index (χ3n) is 5.83. The first kappa shape index (κ1) is 17.8. The number of para-hydroxylation sites is 1. The van der Waals surface area contributed by atoms with Gasteiger partial charge in [0.25, 0.3) is 0 Å². The van der Waals surface area contributed by atoms with Crippen molar-refractivity contribution in [1.29, 1.82) is 0 Å². The molecule has 2 aromatic rings. The van der Waals surface area contributed by atoms with E-state index in [0.717, 1.165) is 39.0 Å². The van der Waals surface area contributed by atoms with Gasteiger partial charge >= 0.3 is 0 Å². The van der Waals surface area contributed by atoms with Gasteiger partial charge in [0.2, 0.25) is 0 Å². The minimum Gasteiger partial charge on any atom is -0.508 e. The molecular weight excluding hydrogens is 308 g/mol. The number of likely N-dealkylation sites (tertiary alicyclic amines) is 1. The zero-order valence-electron chi connectivity index (χ0n) is 15.4. The lowest BCUT2D eigenvalue weighted by molar-refractivity contribution is 0.111. The first-order valence-electron chi connectivity index (χ1n) is 9.39. The maximum Gasteiger partial charge on any atom is 0.115 e. The number of nitrogens with zero attached hydrogens (tertiary/aromatic N) is 1. The number of hydrogen-bond donors (Lipinski definition) is 2. The van der Waals surface area contributed by atoms with E-state index in [1.54, 1.807) is 6.07 Å². The van der Waals surface area contributed by atoms with E-state index >= 15 is 0 Å². The Morgan fingerprint density at radius 3 is 2.68 bits per heavy atom. The van der Waals surface area contributed by atoms with Crippen LogP contribution in [0.2, 0.25) is 0 Å². The number of anilines is 1. The van der Waals surface area contributed by atoms with Crippen molar-refractivity contribution < 1.29 is 5.11 Å². The molecule has 0 spiro atoms. The Bertz CT molecular complexity index is 673. The largest absolute Gasteiger partial charge is 0.508 e. The highest BCUT2D eigenvalue weighted by Crippen LogP contribution is 2.40. The van der Waals surface area contributed by atoms with Gasteiger partial charge in [-0.05, 0) is 67.1 Å². The van der Waals surface area contributed by atoms with Crippen LogP contribution < -0.4 is 5.32 Å². The maximum atomic E-state index is 9.82. The molecule has 1 fully saturated rings. The smallest absolute Gasteiger partial charge is 0.115 e. The molecule has 0 radical (unpaired) electrons. The molecule has 25 heavy (non-hydrogen) atoms. The Labute approximate surface area is 151 Å². The fraction of sp³-hybridized carbons (Fsp3) is 0.455. The van der Waals surface area contributed by atoms with E-state index in [1.165, 1.54) is 11.3 Å². The molecule has 0 amide bonds. The van der Waals surface area contributed by atoms with Crippen LogP contribution >= 0.6 is 0 Å². The Morgan fingerprint density at radius 1 is 1.16 bits per heavy atom. The van der Waals surface area contributed by atoms with Crippen LogP contribution in [0.25, 0.3) is 0 Å². The fourth-order valence-electron chi connectivity index (χ4n) is 3.90. The Hall–Kier alpha value is -2.00. The Morgan fingerprint density at radius 2 is 1.96 bits per heavy atom. The zero-order valence-corrected chi connectivity index (χ0v) is 15.4. The SMILES string of the molecule is CC1CN(CCCNc2ccccc2)CCC1(C)c1cccc(O)c1. The zero-order chi connectivity index (χ0) is 17.7. The molecule has 134 valence electrons. The summed E-state index contributed by atoms with van der Waals surface area (Å²) in [4.78, 5) is 2.59. The molecule has 1 aliphatic rings. The lowest BCUT2D eigenvalue weighted by atomic mass is 9.68. The molecule has 2 atom stereocenters. The number of benzene rings is 2. The first-order valence-corrected chi connectivity index (χ1v) is 9.39. The van der Waals surface area contributed by atoms with E-state index in [-0.39, 0.29) is 5.41 Å². The molecule has 2 N–H and O–H groups in total. The van der Waals surface area contributed by atoms with Gasteiger partial charge in [0, 0.05) is 18.8 Å². The van der Waals surface area contributed by atoms with E-state index in [1.807, 2.05) is 18.2 Å². The molecule has 3 rings (SSSR count). The first-order chi connectivity index (χ1) is 12.1. The summed E-state index contributed by atoms with van der Waals surface area (Å²) < 4.78 is 0. The van der Waals surface area contributed by atoms with E-state index in [9.17, 15) is 5.11 Å². The Kier molecular flexibility index (Phi) is 5.64. The quantitative estimate of drug-likeness (QED) is 0.762. The van der Waals surface area contributed by atoms with E-state index < -0.39 is 0 Å². The fourth-order valence-corrected chi connectivity index (χ4v) is 3.90. The van der Waals surface area contributed by atoms with Crippen LogP contribution in [-0.4, -0.2) is 36.2 Å². The van der Waals surface area contributed by atoms with E-state index in [4.69, 9.17) is 0 Å². The summed E-state index contributed by atoms with van der Waals surface area (Å²) in [5.41, 5.74) is 2.62. The molecule has 2 unspecified atom stereocenters. The standard InChI is InChI=1S/C22H30N2O/c1-18-17-24(14-7-13-23-20-9-4-3-5-10-20)15-12-22(18,2)19-8-6-11-21(25)16-19/h3-6,8-11,16,18,23,25H,7,12-15,17H2,1-2H3. The molecule has 0 saturated carbocycles.